The number of guanidine groups is 1. The maximum absolute atomic E-state index is 4.66. The summed E-state index contributed by atoms with van der Waals surface area (Å²) in [5, 5.41) is 11.9. The quantitative estimate of drug-likeness (QED) is 0.434. The molecule has 0 amide bonds. The summed E-state index contributed by atoms with van der Waals surface area (Å²) in [6.07, 6.45) is 7.79. The third kappa shape index (κ3) is 5.69. The molecule has 0 radical (unpaired) electrons. The normalized spacial score (nSPS) is 22.0. The number of nitrogens with one attached hydrogen (secondary N) is 2. The highest BCUT2D eigenvalue weighted by molar-refractivity contribution is 14.0. The molecule has 1 saturated carbocycles. The van der Waals surface area contributed by atoms with Gasteiger partial charge in [-0.15, -0.1) is 24.0 Å². The van der Waals surface area contributed by atoms with Crippen LogP contribution >= 0.6 is 35.7 Å². The van der Waals surface area contributed by atoms with E-state index in [1.165, 1.54) is 19.3 Å². The zero-order valence-electron chi connectivity index (χ0n) is 13.0. The predicted molar refractivity (Wildman–Crippen MR) is 102 cm³/mol. The number of halogens is 1. The van der Waals surface area contributed by atoms with E-state index in [9.17, 15) is 0 Å². The lowest BCUT2D eigenvalue weighted by molar-refractivity contribution is 0.613. The van der Waals surface area contributed by atoms with Crippen molar-refractivity contribution < 1.29 is 0 Å². The maximum atomic E-state index is 4.66. The van der Waals surface area contributed by atoms with E-state index in [1.54, 1.807) is 0 Å². The lowest BCUT2D eigenvalue weighted by Gasteiger charge is -2.17. The largest absolute Gasteiger partial charge is 0.357 e. The first-order valence-electron chi connectivity index (χ1n) is 7.27. The summed E-state index contributed by atoms with van der Waals surface area (Å²) < 4.78 is 1.87. The van der Waals surface area contributed by atoms with Crippen LogP contribution in [0.4, 0.5) is 0 Å². The minimum Gasteiger partial charge on any atom is -0.357 e. The second-order valence-electron chi connectivity index (χ2n) is 5.15. The van der Waals surface area contributed by atoms with Gasteiger partial charge in [-0.25, -0.2) is 4.99 Å². The highest BCUT2D eigenvalue weighted by Gasteiger charge is 2.24. The van der Waals surface area contributed by atoms with Crippen LogP contribution in [0.25, 0.3) is 0 Å². The molecular formula is C14H26IN5S. The minimum absolute atomic E-state index is 0. The monoisotopic (exact) mass is 423 g/mol. The molecule has 0 aromatic carbocycles. The van der Waals surface area contributed by atoms with Gasteiger partial charge in [0.2, 0.25) is 0 Å². The zero-order chi connectivity index (χ0) is 14.4. The maximum Gasteiger partial charge on any atom is 0.191 e. The average Bonchev–Trinajstić information content (AvgIpc) is 3.05. The fraction of sp³-hybridized carbons (Fsp3) is 0.714. The number of hydrogen-bond acceptors (Lipinski definition) is 3. The first kappa shape index (κ1) is 18.6. The Morgan fingerprint density at radius 1 is 1.52 bits per heavy atom. The van der Waals surface area contributed by atoms with E-state index < -0.39 is 0 Å². The number of nitrogens with zero attached hydrogens (tertiary/aromatic N) is 3. The van der Waals surface area contributed by atoms with Crippen molar-refractivity contribution in [2.75, 3.05) is 12.8 Å². The summed E-state index contributed by atoms with van der Waals surface area (Å²) in [5.74, 6) is 0.917. The van der Waals surface area contributed by atoms with Crippen molar-refractivity contribution >= 4 is 41.7 Å². The predicted octanol–water partition coefficient (Wildman–Crippen LogP) is 2.38. The summed E-state index contributed by atoms with van der Waals surface area (Å²) in [6.45, 7) is 3.64. The summed E-state index contributed by atoms with van der Waals surface area (Å²) in [4.78, 5) is 4.66. The molecule has 21 heavy (non-hydrogen) atoms. The number of hydrogen-bond donors (Lipinski definition) is 2. The number of rotatable bonds is 5. The molecule has 5 nitrogen and oxygen atoms in total. The molecule has 2 atom stereocenters. The van der Waals surface area contributed by atoms with Crippen LogP contribution in [0, 0.1) is 0 Å². The van der Waals surface area contributed by atoms with Gasteiger partial charge in [0.25, 0.3) is 0 Å². The average molecular weight is 423 g/mol. The van der Waals surface area contributed by atoms with Gasteiger partial charge >= 0.3 is 0 Å². The van der Waals surface area contributed by atoms with Gasteiger partial charge in [0.15, 0.2) is 5.96 Å². The second kappa shape index (κ2) is 9.55. The molecule has 0 aliphatic heterocycles. The number of aromatic nitrogens is 2. The van der Waals surface area contributed by atoms with Crippen LogP contribution in [0.5, 0.6) is 0 Å². The molecule has 0 spiro atoms. The first-order chi connectivity index (χ1) is 9.72. The molecule has 1 fully saturated rings. The van der Waals surface area contributed by atoms with Crippen LogP contribution in [0.3, 0.4) is 0 Å². The molecule has 2 rings (SSSR count). The second-order valence-corrected chi connectivity index (χ2v) is 6.29. The van der Waals surface area contributed by atoms with Crippen LogP contribution in [-0.4, -0.2) is 39.8 Å². The van der Waals surface area contributed by atoms with Gasteiger partial charge < -0.3 is 10.6 Å². The Bertz CT molecular complexity index is 448. The van der Waals surface area contributed by atoms with Crippen LogP contribution in [-0.2, 0) is 13.6 Å². The van der Waals surface area contributed by atoms with Crippen molar-refractivity contribution in [3.05, 3.63) is 18.0 Å². The Balaban J connectivity index is 0.00000220. The van der Waals surface area contributed by atoms with E-state index in [4.69, 9.17) is 0 Å². The van der Waals surface area contributed by atoms with E-state index in [0.717, 1.165) is 23.4 Å². The van der Waals surface area contributed by atoms with Crippen molar-refractivity contribution in [3.8, 4) is 0 Å². The molecule has 1 aromatic rings. The third-order valence-corrected chi connectivity index (χ3v) is 4.82. The molecule has 1 aliphatic rings. The number of aliphatic imine (C=N–C) groups is 1. The lowest BCUT2D eigenvalue weighted by Crippen LogP contribution is -2.42. The first-order valence-corrected chi connectivity index (χ1v) is 8.56. The molecule has 2 N–H and O–H groups in total. The summed E-state index contributed by atoms with van der Waals surface area (Å²) >= 11 is 1.98. The van der Waals surface area contributed by atoms with Crippen molar-refractivity contribution in [1.29, 1.82) is 0 Å². The Morgan fingerprint density at radius 3 is 2.90 bits per heavy atom. The standard InChI is InChI=1S/C14H25N5S.HI/c1-4-15-14(16-10-12-7-8-17-19(12)2)18-11-5-6-13(9-11)20-3;/h7-8,11,13H,4-6,9-10H2,1-3H3,(H2,15,16,18);1H. The smallest absolute Gasteiger partial charge is 0.191 e. The summed E-state index contributed by atoms with van der Waals surface area (Å²) in [6, 6.07) is 2.56. The molecule has 7 heteroatoms. The molecule has 120 valence electrons. The van der Waals surface area contributed by atoms with E-state index >= 15 is 0 Å². The summed E-state index contributed by atoms with van der Waals surface area (Å²) in [5.41, 5.74) is 1.12. The van der Waals surface area contributed by atoms with Crippen LogP contribution in [0.1, 0.15) is 31.9 Å². The number of thioether (sulfide) groups is 1. The van der Waals surface area contributed by atoms with Gasteiger partial charge in [-0.2, -0.15) is 16.9 Å². The van der Waals surface area contributed by atoms with Gasteiger partial charge in [0.1, 0.15) is 0 Å². The molecular weight excluding hydrogens is 397 g/mol. The minimum atomic E-state index is 0. The SMILES string of the molecule is CCNC(=NCc1ccnn1C)NC1CCC(SC)C1.I. The molecule has 2 unspecified atom stereocenters. The summed E-state index contributed by atoms with van der Waals surface area (Å²) in [7, 11) is 1.95. The zero-order valence-corrected chi connectivity index (χ0v) is 16.1. The lowest BCUT2D eigenvalue weighted by atomic mass is 10.2. The highest BCUT2D eigenvalue weighted by Crippen LogP contribution is 2.27. The fourth-order valence-electron chi connectivity index (χ4n) is 2.52. The van der Waals surface area contributed by atoms with E-state index in [0.29, 0.717) is 12.6 Å². The van der Waals surface area contributed by atoms with Gasteiger partial charge in [-0.1, -0.05) is 0 Å². The van der Waals surface area contributed by atoms with Crippen LogP contribution < -0.4 is 10.6 Å². The fourth-order valence-corrected chi connectivity index (χ4v) is 3.31. The third-order valence-electron chi connectivity index (χ3n) is 3.72. The van der Waals surface area contributed by atoms with Gasteiger partial charge in [0.05, 0.1) is 12.2 Å². The Kier molecular flexibility index (Phi) is 8.46. The van der Waals surface area contributed by atoms with Crippen molar-refractivity contribution in [1.82, 2.24) is 20.4 Å². The topological polar surface area (TPSA) is 54.2 Å². The van der Waals surface area contributed by atoms with Gasteiger partial charge in [0, 0.05) is 31.1 Å². The van der Waals surface area contributed by atoms with E-state index in [2.05, 4.69) is 33.9 Å². The van der Waals surface area contributed by atoms with Gasteiger partial charge in [-0.3, -0.25) is 4.68 Å². The van der Waals surface area contributed by atoms with Crippen molar-refractivity contribution in [3.63, 3.8) is 0 Å². The van der Waals surface area contributed by atoms with E-state index in [1.807, 2.05) is 35.8 Å². The van der Waals surface area contributed by atoms with Crippen molar-refractivity contribution in [2.24, 2.45) is 12.0 Å². The molecule has 1 aliphatic carbocycles. The van der Waals surface area contributed by atoms with Crippen molar-refractivity contribution in [2.45, 2.75) is 44.0 Å². The van der Waals surface area contributed by atoms with E-state index in [-0.39, 0.29) is 24.0 Å². The molecule has 1 heterocycles. The molecule has 0 bridgehead atoms. The highest BCUT2D eigenvalue weighted by atomic mass is 127. The molecule has 1 aromatic heterocycles. The van der Waals surface area contributed by atoms with Crippen LogP contribution in [0.2, 0.25) is 0 Å². The van der Waals surface area contributed by atoms with Gasteiger partial charge in [-0.05, 0) is 38.5 Å². The van der Waals surface area contributed by atoms with Crippen LogP contribution in [0.15, 0.2) is 17.3 Å². The Morgan fingerprint density at radius 2 is 2.33 bits per heavy atom. The Hall–Kier alpha value is -0.440. The molecule has 0 saturated heterocycles. The number of aryl methyl sites for hydroxylation is 1. The Labute approximate surface area is 148 Å².